The average molecular weight is 213 g/mol. The molecule has 0 unspecified atom stereocenters. The van der Waals surface area contributed by atoms with Crippen LogP contribution in [0.3, 0.4) is 0 Å². The Morgan fingerprint density at radius 1 is 1.64 bits per heavy atom. The van der Waals surface area contributed by atoms with Crippen molar-refractivity contribution in [2.24, 2.45) is 0 Å². The Hall–Kier alpha value is -1.03. The molecule has 14 heavy (non-hydrogen) atoms. The number of ether oxygens (including phenoxy) is 1. The maximum atomic E-state index is 11.5. The predicted molar refractivity (Wildman–Crippen MR) is 58.7 cm³/mol. The molecular weight excluding hydrogens is 198 g/mol. The van der Waals surface area contributed by atoms with Crippen molar-refractivity contribution >= 4 is 22.3 Å². The van der Waals surface area contributed by atoms with Gasteiger partial charge in [-0.25, -0.2) is 4.79 Å². The summed E-state index contributed by atoms with van der Waals surface area (Å²) in [5.41, 5.74) is -0.666. The van der Waals surface area contributed by atoms with Crippen molar-refractivity contribution in [3.05, 3.63) is 17.5 Å². The molecule has 0 bridgehead atoms. The Balaban J connectivity index is 2.61. The molecule has 1 rings (SSSR count). The fraction of sp³-hybridized carbons (Fsp3) is 0.500. The number of rotatable bonds is 4. The number of hydrogen-bond acceptors (Lipinski definition) is 4. The van der Waals surface area contributed by atoms with Crippen molar-refractivity contribution in [3.63, 3.8) is 0 Å². The second kappa shape index (κ2) is 4.46. The highest BCUT2D eigenvalue weighted by atomic mass is 32.1. The largest absolute Gasteiger partial charge is 0.464 e. The summed E-state index contributed by atoms with van der Waals surface area (Å²) in [6, 6.07) is 3.87. The number of anilines is 1. The van der Waals surface area contributed by atoms with Crippen LogP contribution in [0, 0.1) is 0 Å². The Kier molecular flexibility index (Phi) is 3.52. The zero-order valence-corrected chi connectivity index (χ0v) is 9.48. The first-order valence-corrected chi connectivity index (χ1v) is 5.43. The minimum absolute atomic E-state index is 0.228. The van der Waals surface area contributed by atoms with Crippen LogP contribution in [0.4, 0.5) is 5.00 Å². The Bertz CT molecular complexity index is 293. The van der Waals surface area contributed by atoms with Crippen LogP contribution in [0.15, 0.2) is 17.5 Å². The van der Waals surface area contributed by atoms with Gasteiger partial charge in [-0.05, 0) is 38.3 Å². The summed E-state index contributed by atoms with van der Waals surface area (Å²) in [5, 5.41) is 6.06. The number of hydrogen-bond donors (Lipinski definition) is 1. The van der Waals surface area contributed by atoms with Gasteiger partial charge in [0.25, 0.3) is 0 Å². The van der Waals surface area contributed by atoms with Gasteiger partial charge in [0.1, 0.15) is 5.54 Å². The third-order valence-electron chi connectivity index (χ3n) is 1.74. The van der Waals surface area contributed by atoms with Crippen LogP contribution in [0.5, 0.6) is 0 Å². The van der Waals surface area contributed by atoms with Gasteiger partial charge in [-0.2, -0.15) is 0 Å². The third kappa shape index (κ3) is 2.73. The average Bonchev–Trinajstić information content (AvgIpc) is 2.56. The van der Waals surface area contributed by atoms with Gasteiger partial charge in [0, 0.05) is 0 Å². The molecule has 1 N–H and O–H groups in total. The van der Waals surface area contributed by atoms with Gasteiger partial charge >= 0.3 is 5.97 Å². The van der Waals surface area contributed by atoms with E-state index >= 15 is 0 Å². The second-order valence-corrected chi connectivity index (χ2v) is 4.40. The van der Waals surface area contributed by atoms with E-state index in [0.717, 1.165) is 5.00 Å². The number of thiophene rings is 1. The highest BCUT2D eigenvalue weighted by Gasteiger charge is 2.28. The molecule has 0 atom stereocenters. The molecular formula is C10H15NO2S. The molecule has 0 spiro atoms. The van der Waals surface area contributed by atoms with E-state index in [4.69, 9.17) is 4.74 Å². The highest BCUT2D eigenvalue weighted by molar-refractivity contribution is 7.14. The topological polar surface area (TPSA) is 38.3 Å². The van der Waals surface area contributed by atoms with Crippen LogP contribution >= 0.6 is 11.3 Å². The SMILES string of the molecule is CCOC(=O)C(C)(C)Nc1cccs1. The Morgan fingerprint density at radius 2 is 2.36 bits per heavy atom. The van der Waals surface area contributed by atoms with Crippen LogP contribution in [-0.2, 0) is 9.53 Å². The normalized spacial score (nSPS) is 11.1. The van der Waals surface area contributed by atoms with Crippen molar-refractivity contribution in [2.45, 2.75) is 26.3 Å². The lowest BCUT2D eigenvalue weighted by Crippen LogP contribution is -2.41. The second-order valence-electron chi connectivity index (χ2n) is 3.45. The molecule has 0 aliphatic rings. The van der Waals surface area contributed by atoms with Gasteiger partial charge in [0.05, 0.1) is 11.6 Å². The van der Waals surface area contributed by atoms with Crippen molar-refractivity contribution in [3.8, 4) is 0 Å². The highest BCUT2D eigenvalue weighted by Crippen LogP contribution is 2.21. The number of carbonyl (C=O) groups is 1. The lowest BCUT2D eigenvalue weighted by atomic mass is 10.1. The molecule has 0 saturated heterocycles. The predicted octanol–water partition coefficient (Wildman–Crippen LogP) is 2.50. The molecule has 1 aromatic heterocycles. The fourth-order valence-electron chi connectivity index (χ4n) is 1.02. The van der Waals surface area contributed by atoms with Crippen LogP contribution in [0.1, 0.15) is 20.8 Å². The van der Waals surface area contributed by atoms with Gasteiger partial charge in [-0.15, -0.1) is 11.3 Å². The van der Waals surface area contributed by atoms with Crippen LogP contribution in [0.25, 0.3) is 0 Å². The molecule has 0 aliphatic heterocycles. The lowest BCUT2D eigenvalue weighted by Gasteiger charge is -2.23. The first kappa shape index (κ1) is 11.0. The van der Waals surface area contributed by atoms with E-state index in [-0.39, 0.29) is 5.97 Å². The quantitative estimate of drug-likeness (QED) is 0.781. The maximum absolute atomic E-state index is 11.5. The van der Waals surface area contributed by atoms with Crippen molar-refractivity contribution in [2.75, 3.05) is 11.9 Å². The van der Waals surface area contributed by atoms with Crippen LogP contribution in [-0.4, -0.2) is 18.1 Å². The fourth-order valence-corrected chi connectivity index (χ4v) is 1.80. The smallest absolute Gasteiger partial charge is 0.331 e. The van der Waals surface area contributed by atoms with Crippen LogP contribution < -0.4 is 5.32 Å². The summed E-state index contributed by atoms with van der Waals surface area (Å²) in [7, 11) is 0. The monoisotopic (exact) mass is 213 g/mol. The van der Waals surface area contributed by atoms with E-state index in [2.05, 4.69) is 5.32 Å². The minimum atomic E-state index is -0.666. The number of nitrogens with one attached hydrogen (secondary N) is 1. The molecule has 0 fully saturated rings. The van der Waals surface area contributed by atoms with Gasteiger partial charge in [-0.3, -0.25) is 0 Å². The Morgan fingerprint density at radius 3 is 2.86 bits per heavy atom. The summed E-state index contributed by atoms with van der Waals surface area (Å²) < 4.78 is 4.96. The van der Waals surface area contributed by atoms with E-state index in [1.54, 1.807) is 18.3 Å². The van der Waals surface area contributed by atoms with E-state index in [0.29, 0.717) is 6.61 Å². The Labute approximate surface area is 88.1 Å². The van der Waals surface area contributed by atoms with E-state index < -0.39 is 5.54 Å². The first-order chi connectivity index (χ1) is 6.56. The summed E-state index contributed by atoms with van der Waals surface area (Å²) in [5.74, 6) is -0.228. The van der Waals surface area contributed by atoms with E-state index in [1.807, 2.05) is 31.4 Å². The molecule has 78 valence electrons. The van der Waals surface area contributed by atoms with Crippen molar-refractivity contribution < 1.29 is 9.53 Å². The molecule has 3 nitrogen and oxygen atoms in total. The summed E-state index contributed by atoms with van der Waals surface area (Å²) >= 11 is 1.57. The molecule has 0 radical (unpaired) electrons. The van der Waals surface area contributed by atoms with Gasteiger partial charge in [0.2, 0.25) is 0 Å². The molecule has 1 aromatic rings. The molecule has 0 saturated carbocycles. The summed E-state index contributed by atoms with van der Waals surface area (Å²) in [6.45, 7) is 5.84. The van der Waals surface area contributed by atoms with E-state index in [1.165, 1.54) is 0 Å². The number of carbonyl (C=O) groups excluding carboxylic acids is 1. The number of esters is 1. The van der Waals surface area contributed by atoms with Crippen LogP contribution in [0.2, 0.25) is 0 Å². The molecule has 4 heteroatoms. The molecule has 0 amide bonds. The first-order valence-electron chi connectivity index (χ1n) is 4.55. The van der Waals surface area contributed by atoms with Crippen molar-refractivity contribution in [1.82, 2.24) is 0 Å². The zero-order valence-electron chi connectivity index (χ0n) is 8.66. The molecule has 0 aliphatic carbocycles. The third-order valence-corrected chi connectivity index (χ3v) is 2.53. The minimum Gasteiger partial charge on any atom is -0.464 e. The van der Waals surface area contributed by atoms with Gasteiger partial charge in [0.15, 0.2) is 0 Å². The van der Waals surface area contributed by atoms with Gasteiger partial charge < -0.3 is 10.1 Å². The zero-order chi connectivity index (χ0) is 10.6. The molecule has 1 heterocycles. The maximum Gasteiger partial charge on any atom is 0.331 e. The summed E-state index contributed by atoms with van der Waals surface area (Å²) in [6.07, 6.45) is 0. The molecule has 0 aromatic carbocycles. The van der Waals surface area contributed by atoms with Gasteiger partial charge in [-0.1, -0.05) is 0 Å². The lowest BCUT2D eigenvalue weighted by molar-refractivity contribution is -0.147. The van der Waals surface area contributed by atoms with Crippen molar-refractivity contribution in [1.29, 1.82) is 0 Å². The summed E-state index contributed by atoms with van der Waals surface area (Å²) in [4.78, 5) is 11.5. The van der Waals surface area contributed by atoms with E-state index in [9.17, 15) is 4.79 Å². The standard InChI is InChI=1S/C10H15NO2S/c1-4-13-9(12)10(2,3)11-8-6-5-7-14-8/h5-7,11H,4H2,1-3H3.